The van der Waals surface area contributed by atoms with E-state index in [9.17, 15) is 9.90 Å². The summed E-state index contributed by atoms with van der Waals surface area (Å²) in [5.74, 6) is 0.399. The second-order valence-electron chi connectivity index (χ2n) is 7.64. The predicted molar refractivity (Wildman–Crippen MR) is 114 cm³/mol. The Bertz CT molecular complexity index is 1040. The summed E-state index contributed by atoms with van der Waals surface area (Å²) in [6.45, 7) is 5.04. The fourth-order valence-corrected chi connectivity index (χ4v) is 4.28. The van der Waals surface area contributed by atoms with E-state index in [4.69, 9.17) is 4.74 Å². The van der Waals surface area contributed by atoms with Crippen LogP contribution in [0.4, 0.5) is 5.69 Å². The number of aliphatic hydroxyl groups excluding tert-OH is 1. The molecule has 0 saturated carbocycles. The maximum Gasteiger partial charge on any atom is 0.221 e. The number of aromatic amines is 1. The Balaban J connectivity index is 1.54. The molecule has 3 N–H and O–H groups in total. The number of ether oxygens (including phenoxy) is 1. The van der Waals surface area contributed by atoms with Crippen LogP contribution in [0, 0.1) is 0 Å². The summed E-state index contributed by atoms with van der Waals surface area (Å²) in [6.07, 6.45) is 0.290. The Morgan fingerprint density at radius 3 is 2.90 bits per heavy atom. The normalized spacial score (nSPS) is 17.7. The van der Waals surface area contributed by atoms with Crippen molar-refractivity contribution < 1.29 is 14.6 Å². The molecule has 1 aromatic heterocycles. The summed E-state index contributed by atoms with van der Waals surface area (Å²) in [5, 5.41) is 15.0. The number of anilines is 1. The fraction of sp³-hybridized carbons (Fsp3) is 0.348. The van der Waals surface area contributed by atoms with Crippen molar-refractivity contribution in [2.45, 2.75) is 32.4 Å². The van der Waals surface area contributed by atoms with Crippen molar-refractivity contribution in [3.8, 4) is 5.75 Å². The van der Waals surface area contributed by atoms with E-state index in [0.717, 1.165) is 18.5 Å². The number of aromatic nitrogens is 1. The van der Waals surface area contributed by atoms with Gasteiger partial charge in [0.05, 0.1) is 18.9 Å². The molecular formula is C23H27N3O3. The van der Waals surface area contributed by atoms with Gasteiger partial charge in [-0.05, 0) is 42.7 Å². The molecule has 0 fully saturated rings. The molecule has 6 nitrogen and oxygen atoms in total. The van der Waals surface area contributed by atoms with E-state index in [2.05, 4.69) is 40.3 Å². The molecule has 0 saturated heterocycles. The zero-order chi connectivity index (χ0) is 20.5. The minimum absolute atomic E-state index is 0.175. The van der Waals surface area contributed by atoms with Crippen LogP contribution in [0.1, 0.15) is 42.8 Å². The lowest BCUT2D eigenvalue weighted by molar-refractivity contribution is -0.114. The van der Waals surface area contributed by atoms with E-state index in [1.165, 1.54) is 29.1 Å². The van der Waals surface area contributed by atoms with Crippen LogP contribution in [-0.4, -0.2) is 41.1 Å². The average Bonchev–Trinajstić information content (AvgIpc) is 3.09. The summed E-state index contributed by atoms with van der Waals surface area (Å²) in [6, 6.07) is 14.0. The smallest absolute Gasteiger partial charge is 0.221 e. The quantitative estimate of drug-likeness (QED) is 0.616. The molecule has 2 atom stereocenters. The number of aliphatic hydroxyl groups is 1. The van der Waals surface area contributed by atoms with E-state index >= 15 is 0 Å². The van der Waals surface area contributed by atoms with Gasteiger partial charge in [0.25, 0.3) is 0 Å². The van der Waals surface area contributed by atoms with E-state index in [1.807, 2.05) is 12.1 Å². The van der Waals surface area contributed by atoms with Gasteiger partial charge < -0.3 is 20.1 Å². The van der Waals surface area contributed by atoms with Crippen molar-refractivity contribution >= 4 is 22.5 Å². The molecule has 0 aliphatic carbocycles. The maximum absolute atomic E-state index is 11.5. The van der Waals surface area contributed by atoms with Gasteiger partial charge >= 0.3 is 0 Å². The largest absolute Gasteiger partial charge is 0.495 e. The number of carbonyl (C=O) groups excluding carboxylic acids is 1. The Morgan fingerprint density at radius 2 is 2.14 bits per heavy atom. The molecule has 4 rings (SSSR count). The van der Waals surface area contributed by atoms with Crippen molar-refractivity contribution in [3.05, 3.63) is 59.3 Å². The molecule has 152 valence electrons. The molecule has 3 aromatic rings. The highest BCUT2D eigenvalue weighted by molar-refractivity contribution is 5.90. The molecule has 1 amide bonds. The molecule has 6 heteroatoms. The van der Waals surface area contributed by atoms with Crippen LogP contribution in [0.5, 0.6) is 5.75 Å². The third kappa shape index (κ3) is 3.73. The van der Waals surface area contributed by atoms with Crippen LogP contribution in [0.15, 0.2) is 42.5 Å². The highest BCUT2D eigenvalue weighted by atomic mass is 16.5. The molecule has 29 heavy (non-hydrogen) atoms. The molecular weight excluding hydrogens is 366 g/mol. The second-order valence-corrected chi connectivity index (χ2v) is 7.64. The summed E-state index contributed by atoms with van der Waals surface area (Å²) < 4.78 is 5.30. The molecule has 0 spiro atoms. The first-order valence-electron chi connectivity index (χ1n) is 9.95. The van der Waals surface area contributed by atoms with Gasteiger partial charge in [0, 0.05) is 42.7 Å². The van der Waals surface area contributed by atoms with Gasteiger partial charge in [-0.2, -0.15) is 0 Å². The number of carbonyl (C=O) groups is 1. The van der Waals surface area contributed by atoms with Gasteiger partial charge in [-0.25, -0.2) is 0 Å². The fourth-order valence-electron chi connectivity index (χ4n) is 4.28. The molecule has 0 bridgehead atoms. The predicted octanol–water partition coefficient (Wildman–Crippen LogP) is 3.79. The number of amides is 1. The van der Waals surface area contributed by atoms with Gasteiger partial charge in [0.1, 0.15) is 5.75 Å². The van der Waals surface area contributed by atoms with Gasteiger partial charge in [-0.1, -0.05) is 24.3 Å². The minimum atomic E-state index is -0.665. The Hall–Kier alpha value is -2.83. The minimum Gasteiger partial charge on any atom is -0.495 e. The van der Waals surface area contributed by atoms with E-state index < -0.39 is 6.10 Å². The number of hydrogen-bond donors (Lipinski definition) is 3. The molecule has 1 aliphatic heterocycles. The third-order valence-corrected chi connectivity index (χ3v) is 5.79. The van der Waals surface area contributed by atoms with E-state index in [-0.39, 0.29) is 11.9 Å². The summed E-state index contributed by atoms with van der Waals surface area (Å²) in [5.41, 5.74) is 5.11. The van der Waals surface area contributed by atoms with Crippen molar-refractivity contribution in [1.82, 2.24) is 9.88 Å². The number of para-hydroxylation sites is 1. The maximum atomic E-state index is 11.5. The molecule has 2 unspecified atom stereocenters. The number of fused-ring (bicyclic) bond motifs is 3. The highest BCUT2D eigenvalue weighted by Gasteiger charge is 2.28. The first kappa shape index (κ1) is 19.5. The van der Waals surface area contributed by atoms with Crippen molar-refractivity contribution in [1.29, 1.82) is 0 Å². The number of rotatable bonds is 5. The SMILES string of the molecule is COc1ccc(C(O)CN2CCc3c([nH]c4ccccc34)C2C)cc1NC(C)=O. The molecule has 1 aliphatic rings. The Morgan fingerprint density at radius 1 is 1.34 bits per heavy atom. The average molecular weight is 393 g/mol. The first-order valence-corrected chi connectivity index (χ1v) is 9.95. The van der Waals surface area contributed by atoms with Crippen molar-refractivity contribution in [2.24, 2.45) is 0 Å². The monoisotopic (exact) mass is 393 g/mol. The Kier molecular flexibility index (Phi) is 5.30. The van der Waals surface area contributed by atoms with Crippen LogP contribution in [0.3, 0.4) is 0 Å². The Labute approximate surface area is 170 Å². The number of hydrogen-bond acceptors (Lipinski definition) is 4. The number of nitrogens with one attached hydrogen (secondary N) is 2. The number of methoxy groups -OCH3 is 1. The number of nitrogens with zero attached hydrogens (tertiary/aromatic N) is 1. The third-order valence-electron chi connectivity index (χ3n) is 5.79. The van der Waals surface area contributed by atoms with Gasteiger partial charge in [0.2, 0.25) is 5.91 Å². The lowest BCUT2D eigenvalue weighted by Gasteiger charge is -2.35. The summed E-state index contributed by atoms with van der Waals surface area (Å²) in [7, 11) is 1.56. The summed E-state index contributed by atoms with van der Waals surface area (Å²) in [4.78, 5) is 17.3. The first-order chi connectivity index (χ1) is 14.0. The van der Waals surface area contributed by atoms with Crippen molar-refractivity contribution in [2.75, 3.05) is 25.5 Å². The molecule has 0 radical (unpaired) electrons. The van der Waals surface area contributed by atoms with Crippen LogP contribution < -0.4 is 10.1 Å². The lowest BCUT2D eigenvalue weighted by Crippen LogP contribution is -2.36. The van der Waals surface area contributed by atoms with Crippen molar-refractivity contribution in [3.63, 3.8) is 0 Å². The van der Waals surface area contributed by atoms with Crippen LogP contribution in [0.25, 0.3) is 10.9 Å². The van der Waals surface area contributed by atoms with Gasteiger partial charge in [0.15, 0.2) is 0 Å². The van der Waals surface area contributed by atoms with Gasteiger partial charge in [-0.3, -0.25) is 9.69 Å². The topological polar surface area (TPSA) is 77.6 Å². The number of β-amino-alcohol motifs (C(OH)–C–C–N with tert-alkyl or cyclic N) is 1. The standard InChI is InChI=1S/C23H27N3O3/c1-14-23-18(17-6-4-5-7-19(17)25-23)10-11-26(14)13-21(28)16-8-9-22(29-3)20(12-16)24-15(2)27/h4-9,12,14,21,25,28H,10-11,13H2,1-3H3,(H,24,27). The second kappa shape index (κ2) is 7.89. The number of H-pyrrole nitrogens is 1. The summed E-state index contributed by atoms with van der Waals surface area (Å²) >= 11 is 0. The lowest BCUT2D eigenvalue weighted by atomic mass is 9.97. The number of benzene rings is 2. The van der Waals surface area contributed by atoms with Crippen LogP contribution in [-0.2, 0) is 11.2 Å². The highest BCUT2D eigenvalue weighted by Crippen LogP contribution is 2.35. The van der Waals surface area contributed by atoms with Crippen LogP contribution in [0.2, 0.25) is 0 Å². The zero-order valence-corrected chi connectivity index (χ0v) is 17.0. The molecule has 2 heterocycles. The zero-order valence-electron chi connectivity index (χ0n) is 17.0. The van der Waals surface area contributed by atoms with E-state index in [0.29, 0.717) is 18.0 Å². The van der Waals surface area contributed by atoms with Crippen LogP contribution >= 0.6 is 0 Å². The van der Waals surface area contributed by atoms with Gasteiger partial charge in [-0.15, -0.1) is 0 Å². The molecule has 2 aromatic carbocycles. The van der Waals surface area contributed by atoms with E-state index in [1.54, 1.807) is 19.2 Å².